The molecule has 0 N–H and O–H groups in total. The highest BCUT2D eigenvalue weighted by Crippen LogP contribution is 2.27. The van der Waals surface area contributed by atoms with Crippen LogP contribution in [0.4, 0.5) is 0 Å². The molecule has 0 atom stereocenters. The molecule has 3 aromatic rings. The molecule has 1 aliphatic heterocycles. The largest absolute Gasteiger partial charge is 0.296 e. The lowest BCUT2D eigenvalue weighted by Crippen LogP contribution is -2.40. The average Bonchev–Trinajstić information content (AvgIpc) is 2.74. The molecule has 2 aromatic carbocycles. The molecule has 6 nitrogen and oxygen atoms in total. The minimum atomic E-state index is -3.52. The summed E-state index contributed by atoms with van der Waals surface area (Å²) in [7, 11) is -3.52. The molecule has 0 saturated carbocycles. The predicted octanol–water partition coefficient (Wildman–Crippen LogP) is 3.55. The molecule has 152 valence electrons. The van der Waals surface area contributed by atoms with Gasteiger partial charge >= 0.3 is 0 Å². The Balaban J connectivity index is 1.52. The fourth-order valence-corrected chi connectivity index (χ4v) is 5.35. The molecule has 0 bridgehead atoms. The zero-order valence-corrected chi connectivity index (χ0v) is 17.5. The molecule has 0 aliphatic carbocycles. The number of piperidine rings is 1. The van der Waals surface area contributed by atoms with Crippen LogP contribution in [-0.4, -0.2) is 35.4 Å². The molecule has 0 spiro atoms. The van der Waals surface area contributed by atoms with Crippen molar-refractivity contribution in [3.8, 4) is 0 Å². The molecule has 7 heteroatoms. The van der Waals surface area contributed by atoms with E-state index in [1.807, 2.05) is 30.3 Å². The van der Waals surface area contributed by atoms with E-state index in [1.165, 1.54) is 4.31 Å². The van der Waals surface area contributed by atoms with Crippen molar-refractivity contribution in [1.29, 1.82) is 0 Å². The number of benzene rings is 2. The third kappa shape index (κ3) is 3.72. The summed E-state index contributed by atoms with van der Waals surface area (Å²) >= 11 is 0. The van der Waals surface area contributed by atoms with Crippen LogP contribution in [0, 0.1) is 0 Å². The Morgan fingerprint density at radius 3 is 2.31 bits per heavy atom. The van der Waals surface area contributed by atoms with Gasteiger partial charge in [-0.05, 0) is 48.6 Å². The van der Waals surface area contributed by atoms with E-state index in [-0.39, 0.29) is 11.6 Å². The second-order valence-corrected chi connectivity index (χ2v) is 9.77. The van der Waals surface area contributed by atoms with Crippen LogP contribution in [0.1, 0.15) is 44.2 Å². The number of rotatable bonds is 4. The summed E-state index contributed by atoms with van der Waals surface area (Å²) in [4.78, 5) is 17.5. The normalized spacial score (nSPS) is 16.5. The summed E-state index contributed by atoms with van der Waals surface area (Å²) in [6.45, 7) is 4.94. The Morgan fingerprint density at radius 1 is 1.00 bits per heavy atom. The Labute approximate surface area is 170 Å². The molecule has 1 aliphatic rings. The summed E-state index contributed by atoms with van der Waals surface area (Å²) < 4.78 is 29.2. The van der Waals surface area contributed by atoms with E-state index in [9.17, 15) is 13.2 Å². The molecule has 0 amide bonds. The number of sulfonamides is 1. The summed E-state index contributed by atoms with van der Waals surface area (Å²) in [5.74, 6) is 0.358. The first kappa shape index (κ1) is 19.8. The molecule has 2 heterocycles. The van der Waals surface area contributed by atoms with Crippen molar-refractivity contribution < 1.29 is 8.42 Å². The molecule has 0 radical (unpaired) electrons. The maximum atomic E-state index is 13.0. The monoisotopic (exact) mass is 411 g/mol. The molecular weight excluding hydrogens is 386 g/mol. The Kier molecular flexibility index (Phi) is 5.27. The molecule has 4 rings (SSSR count). The second-order valence-electron chi connectivity index (χ2n) is 7.83. The fourth-order valence-electron chi connectivity index (χ4n) is 3.88. The van der Waals surface area contributed by atoms with Gasteiger partial charge in [0.15, 0.2) is 0 Å². The molecule has 29 heavy (non-hydrogen) atoms. The molecular formula is C22H25N3O3S. The van der Waals surface area contributed by atoms with E-state index in [2.05, 4.69) is 18.8 Å². The number of para-hydroxylation sites is 1. The zero-order chi connectivity index (χ0) is 20.6. The Bertz CT molecular complexity index is 1180. The maximum absolute atomic E-state index is 13.0. The van der Waals surface area contributed by atoms with E-state index < -0.39 is 10.0 Å². The van der Waals surface area contributed by atoms with Crippen LogP contribution in [0.15, 0.2) is 64.5 Å². The van der Waals surface area contributed by atoms with Crippen molar-refractivity contribution in [3.05, 3.63) is 70.8 Å². The van der Waals surface area contributed by atoms with Crippen LogP contribution < -0.4 is 5.56 Å². The zero-order valence-electron chi connectivity index (χ0n) is 16.7. The van der Waals surface area contributed by atoms with Crippen molar-refractivity contribution in [2.24, 2.45) is 0 Å². The number of hydrogen-bond donors (Lipinski definition) is 0. The van der Waals surface area contributed by atoms with Crippen LogP contribution in [0.25, 0.3) is 10.9 Å². The van der Waals surface area contributed by atoms with E-state index >= 15 is 0 Å². The minimum absolute atomic E-state index is 0.0469. The lowest BCUT2D eigenvalue weighted by Gasteiger charge is -2.32. The predicted molar refractivity (Wildman–Crippen MR) is 114 cm³/mol. The van der Waals surface area contributed by atoms with Gasteiger partial charge in [-0.1, -0.05) is 38.1 Å². The minimum Gasteiger partial charge on any atom is -0.296 e. The van der Waals surface area contributed by atoms with Gasteiger partial charge in [-0.15, -0.1) is 0 Å². The van der Waals surface area contributed by atoms with E-state index in [1.54, 1.807) is 29.1 Å². The standard InChI is InChI=1S/C22H25N3O3S/c1-16(2)17-7-9-19(10-8-17)29(27,28)24-13-11-18(12-14-24)25-15-23-21-6-4-3-5-20(21)22(25)26/h3-10,15-16,18H,11-14H2,1-2H3. The highest BCUT2D eigenvalue weighted by Gasteiger charge is 2.30. The highest BCUT2D eigenvalue weighted by atomic mass is 32.2. The van der Waals surface area contributed by atoms with Crippen LogP contribution in [0.2, 0.25) is 0 Å². The first-order chi connectivity index (χ1) is 13.9. The number of nitrogens with zero attached hydrogens (tertiary/aromatic N) is 3. The molecule has 1 saturated heterocycles. The Hall–Kier alpha value is -2.51. The second kappa shape index (κ2) is 7.72. The van der Waals surface area contributed by atoms with Gasteiger partial charge in [-0.25, -0.2) is 13.4 Å². The average molecular weight is 412 g/mol. The topological polar surface area (TPSA) is 72.3 Å². The fraction of sp³-hybridized carbons (Fsp3) is 0.364. The SMILES string of the molecule is CC(C)c1ccc(S(=O)(=O)N2CCC(n3cnc4ccccc4c3=O)CC2)cc1. The van der Waals surface area contributed by atoms with Gasteiger partial charge in [0.2, 0.25) is 10.0 Å². The number of fused-ring (bicyclic) bond motifs is 1. The van der Waals surface area contributed by atoms with Gasteiger partial charge in [0, 0.05) is 19.1 Å². The van der Waals surface area contributed by atoms with Gasteiger partial charge in [0.05, 0.1) is 22.1 Å². The van der Waals surface area contributed by atoms with Gasteiger partial charge in [-0.3, -0.25) is 9.36 Å². The lowest BCUT2D eigenvalue weighted by atomic mass is 10.0. The van der Waals surface area contributed by atoms with Crippen LogP contribution in [0.3, 0.4) is 0 Å². The summed E-state index contributed by atoms with van der Waals surface area (Å²) in [6, 6.07) is 14.4. The van der Waals surface area contributed by atoms with Gasteiger partial charge in [-0.2, -0.15) is 4.31 Å². The van der Waals surface area contributed by atoms with Gasteiger partial charge in [0.1, 0.15) is 0 Å². The van der Waals surface area contributed by atoms with Gasteiger partial charge in [0.25, 0.3) is 5.56 Å². The van der Waals surface area contributed by atoms with Crippen molar-refractivity contribution in [2.75, 3.05) is 13.1 Å². The van der Waals surface area contributed by atoms with Crippen molar-refractivity contribution in [2.45, 2.75) is 43.5 Å². The number of aromatic nitrogens is 2. The molecule has 0 unspecified atom stereocenters. The van der Waals surface area contributed by atoms with Crippen LogP contribution >= 0.6 is 0 Å². The van der Waals surface area contributed by atoms with Crippen molar-refractivity contribution in [1.82, 2.24) is 13.9 Å². The summed E-state index contributed by atoms with van der Waals surface area (Å²) in [5, 5.41) is 0.593. The van der Waals surface area contributed by atoms with Gasteiger partial charge < -0.3 is 0 Å². The summed E-state index contributed by atoms with van der Waals surface area (Å²) in [6.07, 6.45) is 2.76. The van der Waals surface area contributed by atoms with E-state index in [4.69, 9.17) is 0 Å². The third-order valence-corrected chi connectivity index (χ3v) is 7.60. The molecule has 1 fully saturated rings. The summed E-state index contributed by atoms with van der Waals surface area (Å²) in [5.41, 5.74) is 1.73. The third-order valence-electron chi connectivity index (χ3n) is 5.69. The first-order valence-electron chi connectivity index (χ1n) is 9.94. The van der Waals surface area contributed by atoms with Crippen LogP contribution in [0.5, 0.6) is 0 Å². The smallest absolute Gasteiger partial charge is 0.261 e. The van der Waals surface area contributed by atoms with Crippen LogP contribution in [-0.2, 0) is 10.0 Å². The quantitative estimate of drug-likeness (QED) is 0.658. The van der Waals surface area contributed by atoms with Crippen molar-refractivity contribution in [3.63, 3.8) is 0 Å². The molecule has 1 aromatic heterocycles. The van der Waals surface area contributed by atoms with Crippen molar-refractivity contribution >= 4 is 20.9 Å². The first-order valence-corrected chi connectivity index (χ1v) is 11.4. The number of hydrogen-bond acceptors (Lipinski definition) is 4. The highest BCUT2D eigenvalue weighted by molar-refractivity contribution is 7.89. The Morgan fingerprint density at radius 2 is 1.66 bits per heavy atom. The van der Waals surface area contributed by atoms with E-state index in [0.717, 1.165) is 5.56 Å². The lowest BCUT2D eigenvalue weighted by molar-refractivity contribution is 0.269. The van der Waals surface area contributed by atoms with E-state index in [0.29, 0.717) is 47.6 Å². The maximum Gasteiger partial charge on any atom is 0.261 e.